The predicted octanol–water partition coefficient (Wildman–Crippen LogP) is 3.25. The molecule has 5 heteroatoms. The third-order valence-electron chi connectivity index (χ3n) is 3.79. The third-order valence-corrected chi connectivity index (χ3v) is 3.79. The second kappa shape index (κ2) is 8.43. The molecule has 24 heavy (non-hydrogen) atoms. The molecule has 1 aromatic heterocycles. The summed E-state index contributed by atoms with van der Waals surface area (Å²) in [5.41, 5.74) is 1.86. The molecule has 0 fully saturated rings. The Bertz CT molecular complexity index is 651. The molecule has 0 spiro atoms. The zero-order valence-corrected chi connectivity index (χ0v) is 14.5. The highest BCUT2D eigenvalue weighted by atomic mass is 19.1. The quantitative estimate of drug-likeness (QED) is 0.632. The first kappa shape index (κ1) is 17.9. The lowest BCUT2D eigenvalue weighted by Gasteiger charge is -2.26. The largest absolute Gasteiger partial charge is 0.357 e. The monoisotopic (exact) mass is 328 g/mol. The minimum absolute atomic E-state index is 0.144. The van der Waals surface area contributed by atoms with Crippen LogP contribution in [0.4, 0.5) is 4.39 Å². The van der Waals surface area contributed by atoms with Gasteiger partial charge in [0.05, 0.1) is 12.2 Å². The molecule has 4 nitrogen and oxygen atoms in total. The summed E-state index contributed by atoms with van der Waals surface area (Å²) in [7, 11) is 0. The van der Waals surface area contributed by atoms with Crippen LogP contribution in [0.5, 0.6) is 0 Å². The molecule has 0 unspecified atom stereocenters. The molecule has 0 aliphatic rings. The summed E-state index contributed by atoms with van der Waals surface area (Å²) in [4.78, 5) is 8.84. The van der Waals surface area contributed by atoms with Gasteiger partial charge in [-0.2, -0.15) is 0 Å². The molecule has 0 bridgehead atoms. The van der Waals surface area contributed by atoms with E-state index in [4.69, 9.17) is 0 Å². The first-order chi connectivity index (χ1) is 11.5. The van der Waals surface area contributed by atoms with E-state index in [1.807, 2.05) is 37.3 Å². The van der Waals surface area contributed by atoms with E-state index in [1.165, 1.54) is 12.1 Å². The average molecular weight is 328 g/mol. The summed E-state index contributed by atoms with van der Waals surface area (Å²) < 4.78 is 13.1. The normalized spacial score (nSPS) is 12.1. The number of aliphatic imine (C=N–C) groups is 1. The first-order valence-corrected chi connectivity index (χ1v) is 8.19. The van der Waals surface area contributed by atoms with Gasteiger partial charge in [-0.25, -0.2) is 9.38 Å². The number of halogens is 1. The Morgan fingerprint density at radius 2 is 1.88 bits per heavy atom. The highest BCUT2D eigenvalue weighted by molar-refractivity contribution is 5.79. The molecule has 0 atom stereocenters. The zero-order chi connectivity index (χ0) is 17.4. The Kier molecular flexibility index (Phi) is 6.29. The van der Waals surface area contributed by atoms with E-state index < -0.39 is 0 Å². The molecule has 0 saturated heterocycles. The number of aromatic nitrogens is 1. The van der Waals surface area contributed by atoms with E-state index >= 15 is 0 Å². The molecule has 2 rings (SSSR count). The van der Waals surface area contributed by atoms with Gasteiger partial charge in [0, 0.05) is 24.7 Å². The number of rotatable bonds is 6. The van der Waals surface area contributed by atoms with E-state index in [1.54, 1.807) is 6.20 Å². The summed E-state index contributed by atoms with van der Waals surface area (Å²) in [5, 5.41) is 6.60. The highest BCUT2D eigenvalue weighted by Crippen LogP contribution is 2.22. The van der Waals surface area contributed by atoms with Gasteiger partial charge in [0.2, 0.25) is 0 Å². The van der Waals surface area contributed by atoms with Crippen molar-refractivity contribution in [1.29, 1.82) is 0 Å². The minimum Gasteiger partial charge on any atom is -0.357 e. The average Bonchev–Trinajstić information content (AvgIpc) is 2.59. The van der Waals surface area contributed by atoms with Gasteiger partial charge >= 0.3 is 0 Å². The van der Waals surface area contributed by atoms with Crippen LogP contribution in [-0.2, 0) is 12.0 Å². The second-order valence-corrected chi connectivity index (χ2v) is 6.26. The Balaban J connectivity index is 2.00. The molecular weight excluding hydrogens is 303 g/mol. The van der Waals surface area contributed by atoms with Crippen molar-refractivity contribution in [2.45, 2.75) is 32.7 Å². The maximum Gasteiger partial charge on any atom is 0.191 e. The van der Waals surface area contributed by atoms with Gasteiger partial charge in [0.1, 0.15) is 5.82 Å². The van der Waals surface area contributed by atoms with E-state index in [0.29, 0.717) is 13.1 Å². The van der Waals surface area contributed by atoms with Crippen molar-refractivity contribution in [1.82, 2.24) is 15.6 Å². The summed E-state index contributed by atoms with van der Waals surface area (Å²) in [5.74, 6) is 0.533. The number of pyridine rings is 1. The third kappa shape index (κ3) is 5.33. The van der Waals surface area contributed by atoms with Crippen LogP contribution < -0.4 is 10.6 Å². The van der Waals surface area contributed by atoms with Crippen molar-refractivity contribution in [2.75, 3.05) is 13.1 Å². The number of nitrogens with one attached hydrogen (secondary N) is 2. The van der Waals surface area contributed by atoms with Crippen LogP contribution >= 0.6 is 0 Å². The Morgan fingerprint density at radius 3 is 2.50 bits per heavy atom. The van der Waals surface area contributed by atoms with Gasteiger partial charge in [0.25, 0.3) is 0 Å². The van der Waals surface area contributed by atoms with Gasteiger partial charge in [-0.3, -0.25) is 4.98 Å². The van der Waals surface area contributed by atoms with E-state index in [9.17, 15) is 4.39 Å². The van der Waals surface area contributed by atoms with Gasteiger partial charge in [-0.1, -0.05) is 32.0 Å². The van der Waals surface area contributed by atoms with E-state index in [2.05, 4.69) is 34.5 Å². The second-order valence-electron chi connectivity index (χ2n) is 6.26. The lowest BCUT2D eigenvalue weighted by molar-refractivity contribution is 0.507. The summed E-state index contributed by atoms with van der Waals surface area (Å²) >= 11 is 0. The topological polar surface area (TPSA) is 49.3 Å². The van der Waals surface area contributed by atoms with Crippen molar-refractivity contribution >= 4 is 5.96 Å². The van der Waals surface area contributed by atoms with Gasteiger partial charge in [0.15, 0.2) is 5.96 Å². The van der Waals surface area contributed by atoms with Gasteiger partial charge in [-0.05, 0) is 36.8 Å². The van der Waals surface area contributed by atoms with E-state index in [-0.39, 0.29) is 11.2 Å². The van der Waals surface area contributed by atoms with E-state index in [0.717, 1.165) is 23.8 Å². The smallest absolute Gasteiger partial charge is 0.191 e. The summed E-state index contributed by atoms with van der Waals surface area (Å²) in [6, 6.07) is 12.5. The van der Waals surface area contributed by atoms with Gasteiger partial charge < -0.3 is 10.6 Å². The molecule has 0 saturated carbocycles. The lowest BCUT2D eigenvalue weighted by atomic mass is 9.84. The lowest BCUT2D eigenvalue weighted by Crippen LogP contribution is -2.43. The Morgan fingerprint density at radius 1 is 1.12 bits per heavy atom. The fourth-order valence-corrected chi connectivity index (χ4v) is 2.30. The maximum atomic E-state index is 13.1. The summed E-state index contributed by atoms with van der Waals surface area (Å²) in [6.07, 6.45) is 1.77. The van der Waals surface area contributed by atoms with Crippen molar-refractivity contribution in [3.63, 3.8) is 0 Å². The van der Waals surface area contributed by atoms with Crippen LogP contribution in [0.1, 0.15) is 32.0 Å². The molecule has 0 radical (unpaired) electrons. The molecule has 2 aromatic rings. The molecule has 1 aromatic carbocycles. The Labute approximate surface area is 143 Å². The molecule has 0 amide bonds. The van der Waals surface area contributed by atoms with Crippen LogP contribution in [0.2, 0.25) is 0 Å². The van der Waals surface area contributed by atoms with Gasteiger partial charge in [-0.15, -0.1) is 0 Å². The fraction of sp³-hybridized carbons (Fsp3) is 0.368. The SMILES string of the molecule is CCNC(=NCc1ccccn1)NCC(C)(C)c1ccc(F)cc1. The maximum absolute atomic E-state index is 13.1. The Hall–Kier alpha value is -2.43. The van der Waals surface area contributed by atoms with Crippen molar-refractivity contribution in [2.24, 2.45) is 4.99 Å². The fourth-order valence-electron chi connectivity index (χ4n) is 2.30. The number of benzene rings is 1. The van der Waals surface area contributed by atoms with Crippen molar-refractivity contribution in [3.05, 3.63) is 65.7 Å². The standard InChI is InChI=1S/C19H25FN4/c1-4-21-18(23-13-17-7-5-6-12-22-17)24-14-19(2,3)15-8-10-16(20)11-9-15/h5-12H,4,13-14H2,1-3H3,(H2,21,23,24). The number of hydrogen-bond donors (Lipinski definition) is 2. The molecule has 0 aliphatic heterocycles. The number of hydrogen-bond acceptors (Lipinski definition) is 2. The van der Waals surface area contributed by atoms with Crippen LogP contribution in [0, 0.1) is 5.82 Å². The van der Waals surface area contributed by atoms with Crippen LogP contribution in [0.15, 0.2) is 53.7 Å². The predicted molar refractivity (Wildman–Crippen MR) is 96.5 cm³/mol. The molecule has 1 heterocycles. The minimum atomic E-state index is -0.215. The zero-order valence-electron chi connectivity index (χ0n) is 14.5. The first-order valence-electron chi connectivity index (χ1n) is 8.19. The van der Waals surface area contributed by atoms with Crippen molar-refractivity contribution in [3.8, 4) is 0 Å². The number of nitrogens with zero attached hydrogens (tertiary/aromatic N) is 2. The number of guanidine groups is 1. The highest BCUT2D eigenvalue weighted by Gasteiger charge is 2.20. The van der Waals surface area contributed by atoms with Crippen molar-refractivity contribution < 1.29 is 4.39 Å². The van der Waals surface area contributed by atoms with Crippen LogP contribution in [0.25, 0.3) is 0 Å². The molecule has 0 aliphatic carbocycles. The molecule has 2 N–H and O–H groups in total. The van der Waals surface area contributed by atoms with Crippen LogP contribution in [-0.4, -0.2) is 24.0 Å². The summed E-state index contributed by atoms with van der Waals surface area (Å²) in [6.45, 7) is 8.26. The molecule has 128 valence electrons. The molecular formula is C19H25FN4. The van der Waals surface area contributed by atoms with Crippen LogP contribution in [0.3, 0.4) is 0 Å².